The molecule has 0 bridgehead atoms. The van der Waals surface area contributed by atoms with Crippen molar-refractivity contribution in [1.29, 1.82) is 0 Å². The van der Waals surface area contributed by atoms with Crippen molar-refractivity contribution < 1.29 is 24.1 Å². The lowest BCUT2D eigenvalue weighted by Crippen LogP contribution is -2.46. The van der Waals surface area contributed by atoms with Crippen molar-refractivity contribution in [2.24, 2.45) is 0 Å². The molecule has 7 nitrogen and oxygen atoms in total. The highest BCUT2D eigenvalue weighted by Crippen LogP contribution is 2.40. The number of ether oxygens (including phenoxy) is 4. The first-order chi connectivity index (χ1) is 12.2. The lowest BCUT2D eigenvalue weighted by molar-refractivity contribution is 0.0562. The van der Waals surface area contributed by atoms with E-state index in [0.29, 0.717) is 24.7 Å². The molecule has 0 saturated carbocycles. The van der Waals surface area contributed by atoms with Crippen LogP contribution in [0.15, 0.2) is 12.1 Å². The molecule has 1 N–H and O–H groups in total. The molecule has 1 heterocycles. The number of aliphatic hydroxyl groups excluding tert-OH is 1. The van der Waals surface area contributed by atoms with Gasteiger partial charge in [0.15, 0.2) is 11.5 Å². The molecule has 8 heteroatoms. The molecule has 0 spiro atoms. The first-order valence-corrected chi connectivity index (χ1v) is 8.64. The van der Waals surface area contributed by atoms with E-state index < -0.39 is 0 Å². The summed E-state index contributed by atoms with van der Waals surface area (Å²) in [5.41, 5.74) is 1.10. The second-order valence-electron chi connectivity index (χ2n) is 5.95. The summed E-state index contributed by atoms with van der Waals surface area (Å²) in [5.74, 6) is 2.06. The molecule has 0 atom stereocenters. The van der Waals surface area contributed by atoms with Crippen molar-refractivity contribution >= 4 is 12.4 Å². The van der Waals surface area contributed by atoms with Crippen LogP contribution in [0.3, 0.4) is 0 Å². The summed E-state index contributed by atoms with van der Waals surface area (Å²) >= 11 is 0. The molecular weight excluding hydrogens is 360 g/mol. The highest BCUT2D eigenvalue weighted by molar-refractivity contribution is 5.85. The second kappa shape index (κ2) is 12.2. The van der Waals surface area contributed by atoms with Crippen molar-refractivity contribution in [1.82, 2.24) is 9.80 Å². The predicted molar refractivity (Wildman–Crippen MR) is 103 cm³/mol. The van der Waals surface area contributed by atoms with Crippen LogP contribution in [-0.4, -0.2) is 88.8 Å². The maximum atomic E-state index is 8.72. The largest absolute Gasteiger partial charge is 0.493 e. The summed E-state index contributed by atoms with van der Waals surface area (Å²) in [7, 11) is 4.91. The number of benzene rings is 1. The molecule has 2 rings (SSSR count). The SMILES string of the molecule is COc1ccc(CN2CCN(CCOCCO)CC2)c(OC)c1OC.Cl. The number of piperazine rings is 1. The van der Waals surface area contributed by atoms with Gasteiger partial charge in [0.2, 0.25) is 5.75 Å². The first kappa shape index (κ1) is 22.8. The maximum absolute atomic E-state index is 8.72. The van der Waals surface area contributed by atoms with Crippen LogP contribution >= 0.6 is 12.4 Å². The van der Waals surface area contributed by atoms with Crippen LogP contribution in [0, 0.1) is 0 Å². The highest BCUT2D eigenvalue weighted by atomic mass is 35.5. The highest BCUT2D eigenvalue weighted by Gasteiger charge is 2.21. The van der Waals surface area contributed by atoms with E-state index in [1.54, 1.807) is 21.3 Å². The van der Waals surface area contributed by atoms with Gasteiger partial charge in [-0.1, -0.05) is 6.07 Å². The zero-order chi connectivity index (χ0) is 18.1. The number of hydrogen-bond acceptors (Lipinski definition) is 7. The molecule has 1 aromatic rings. The Morgan fingerprint density at radius 1 is 0.885 bits per heavy atom. The van der Waals surface area contributed by atoms with Crippen LogP contribution in [0.2, 0.25) is 0 Å². The van der Waals surface area contributed by atoms with Gasteiger partial charge in [-0.15, -0.1) is 12.4 Å². The Morgan fingerprint density at radius 3 is 2.12 bits per heavy atom. The topological polar surface area (TPSA) is 63.6 Å². The van der Waals surface area contributed by atoms with Crippen LogP contribution in [0.25, 0.3) is 0 Å². The molecule has 1 fully saturated rings. The normalized spacial score (nSPS) is 15.4. The number of hydrogen-bond donors (Lipinski definition) is 1. The molecule has 1 aliphatic rings. The van der Waals surface area contributed by atoms with Gasteiger partial charge in [0.25, 0.3) is 0 Å². The second-order valence-corrected chi connectivity index (χ2v) is 5.95. The summed E-state index contributed by atoms with van der Waals surface area (Å²) in [5, 5.41) is 8.72. The van der Waals surface area contributed by atoms with E-state index in [9.17, 15) is 0 Å². The van der Waals surface area contributed by atoms with Crippen LogP contribution in [0.4, 0.5) is 0 Å². The minimum atomic E-state index is 0. The van der Waals surface area contributed by atoms with E-state index in [2.05, 4.69) is 9.80 Å². The average molecular weight is 391 g/mol. The van der Waals surface area contributed by atoms with E-state index in [1.165, 1.54) is 0 Å². The molecule has 0 unspecified atom stereocenters. The van der Waals surface area contributed by atoms with Gasteiger partial charge in [0.05, 0.1) is 41.2 Å². The molecule has 26 heavy (non-hydrogen) atoms. The minimum Gasteiger partial charge on any atom is -0.493 e. The summed E-state index contributed by atoms with van der Waals surface area (Å²) in [6.07, 6.45) is 0. The first-order valence-electron chi connectivity index (χ1n) is 8.64. The summed E-state index contributed by atoms with van der Waals surface area (Å²) in [6.45, 7) is 6.92. The monoisotopic (exact) mass is 390 g/mol. The van der Waals surface area contributed by atoms with Crippen molar-refractivity contribution in [3.8, 4) is 17.2 Å². The third-order valence-corrected chi connectivity index (χ3v) is 4.43. The standard InChI is InChI=1S/C18H30N2O5.ClH/c1-22-16-5-4-15(17(23-2)18(16)24-3)14-20-8-6-19(7-9-20)10-12-25-13-11-21;/h4-5,21H,6-14H2,1-3H3;1H. The Hall–Kier alpha value is -1.25. The quantitative estimate of drug-likeness (QED) is 0.603. The zero-order valence-corrected chi connectivity index (χ0v) is 16.7. The molecule has 150 valence electrons. The van der Waals surface area contributed by atoms with Crippen molar-refractivity contribution in [2.45, 2.75) is 6.54 Å². The third kappa shape index (κ3) is 6.17. The lowest BCUT2D eigenvalue weighted by atomic mass is 10.1. The Balaban J connectivity index is 0.00000338. The van der Waals surface area contributed by atoms with E-state index in [1.807, 2.05) is 12.1 Å². The molecular formula is C18H31ClN2O5. The van der Waals surface area contributed by atoms with Gasteiger partial charge in [0.1, 0.15) is 0 Å². The van der Waals surface area contributed by atoms with Crippen LogP contribution < -0.4 is 14.2 Å². The van der Waals surface area contributed by atoms with E-state index in [-0.39, 0.29) is 19.0 Å². The van der Waals surface area contributed by atoms with Gasteiger partial charge in [-0.05, 0) is 6.07 Å². The number of methoxy groups -OCH3 is 3. The minimum absolute atomic E-state index is 0. The van der Waals surface area contributed by atoms with Gasteiger partial charge in [0, 0.05) is 44.8 Å². The van der Waals surface area contributed by atoms with E-state index in [0.717, 1.165) is 50.6 Å². The fourth-order valence-electron chi connectivity index (χ4n) is 3.06. The van der Waals surface area contributed by atoms with Crippen LogP contribution in [0.1, 0.15) is 5.56 Å². The molecule has 0 aliphatic carbocycles. The molecule has 1 aliphatic heterocycles. The molecule has 1 saturated heterocycles. The fourth-order valence-corrected chi connectivity index (χ4v) is 3.06. The number of halogens is 1. The maximum Gasteiger partial charge on any atom is 0.203 e. The average Bonchev–Trinajstić information content (AvgIpc) is 2.66. The van der Waals surface area contributed by atoms with Gasteiger partial charge < -0.3 is 24.1 Å². The van der Waals surface area contributed by atoms with E-state index in [4.69, 9.17) is 24.1 Å². The summed E-state index contributed by atoms with van der Waals surface area (Å²) in [6, 6.07) is 3.96. The number of aliphatic hydroxyl groups is 1. The molecule has 0 radical (unpaired) electrons. The van der Waals surface area contributed by atoms with Gasteiger partial charge in [-0.2, -0.15) is 0 Å². The molecule has 0 aromatic heterocycles. The van der Waals surface area contributed by atoms with Crippen molar-refractivity contribution in [3.05, 3.63) is 17.7 Å². The third-order valence-electron chi connectivity index (χ3n) is 4.43. The van der Waals surface area contributed by atoms with Crippen molar-refractivity contribution in [3.63, 3.8) is 0 Å². The smallest absolute Gasteiger partial charge is 0.203 e. The van der Waals surface area contributed by atoms with Gasteiger partial charge in [-0.3, -0.25) is 9.80 Å². The van der Waals surface area contributed by atoms with Crippen LogP contribution in [0.5, 0.6) is 17.2 Å². The Morgan fingerprint density at radius 2 is 1.54 bits per heavy atom. The number of rotatable bonds is 10. The molecule has 1 aromatic carbocycles. The Kier molecular flexibility index (Phi) is 10.7. The predicted octanol–water partition coefficient (Wildman–Crippen LogP) is 1.26. The van der Waals surface area contributed by atoms with Gasteiger partial charge in [-0.25, -0.2) is 0 Å². The van der Waals surface area contributed by atoms with E-state index >= 15 is 0 Å². The lowest BCUT2D eigenvalue weighted by Gasteiger charge is -2.34. The number of nitrogens with zero attached hydrogens (tertiary/aromatic N) is 2. The summed E-state index contributed by atoms with van der Waals surface area (Å²) < 4.78 is 21.7. The molecule has 0 amide bonds. The van der Waals surface area contributed by atoms with Crippen molar-refractivity contribution in [2.75, 3.05) is 73.9 Å². The van der Waals surface area contributed by atoms with Crippen LogP contribution in [-0.2, 0) is 11.3 Å². The van der Waals surface area contributed by atoms with Gasteiger partial charge >= 0.3 is 0 Å². The summed E-state index contributed by atoms with van der Waals surface area (Å²) in [4.78, 5) is 4.80. The zero-order valence-electron chi connectivity index (χ0n) is 15.9. The fraction of sp³-hybridized carbons (Fsp3) is 0.667. The Labute approximate surface area is 162 Å². The Bertz CT molecular complexity index is 525.